The van der Waals surface area contributed by atoms with Crippen LogP contribution < -0.4 is 9.64 Å². The van der Waals surface area contributed by atoms with Crippen molar-refractivity contribution in [2.75, 3.05) is 31.1 Å². The molecule has 30 heavy (non-hydrogen) atoms. The molecule has 1 aromatic carbocycles. The molecule has 0 atom stereocenters. The maximum absolute atomic E-state index is 12.7. The highest BCUT2D eigenvalue weighted by atomic mass is 19.4. The highest BCUT2D eigenvalue weighted by Gasteiger charge is 2.31. The average Bonchev–Trinajstić information content (AvgIpc) is 3.27. The molecule has 4 rings (SSSR count). The van der Waals surface area contributed by atoms with Gasteiger partial charge < -0.3 is 19.1 Å². The lowest BCUT2D eigenvalue weighted by Gasteiger charge is -2.35. The molecule has 0 unspecified atom stereocenters. The summed E-state index contributed by atoms with van der Waals surface area (Å²) in [6.07, 6.45) is -1.04. The molecule has 0 radical (unpaired) electrons. The van der Waals surface area contributed by atoms with Crippen molar-refractivity contribution in [1.29, 1.82) is 0 Å². The van der Waals surface area contributed by atoms with Crippen molar-refractivity contribution in [3.05, 3.63) is 66.5 Å². The van der Waals surface area contributed by atoms with Gasteiger partial charge in [0.1, 0.15) is 5.75 Å². The number of carbonyl (C=O) groups excluding carboxylic acids is 1. The zero-order valence-corrected chi connectivity index (χ0v) is 15.8. The van der Waals surface area contributed by atoms with Gasteiger partial charge in [-0.3, -0.25) is 4.79 Å². The van der Waals surface area contributed by atoms with E-state index in [2.05, 4.69) is 14.9 Å². The van der Waals surface area contributed by atoms with E-state index in [1.54, 1.807) is 4.90 Å². The summed E-state index contributed by atoms with van der Waals surface area (Å²) in [6, 6.07) is 12.7. The third-order valence-corrected chi connectivity index (χ3v) is 4.71. The van der Waals surface area contributed by atoms with Crippen LogP contribution >= 0.6 is 0 Å². The van der Waals surface area contributed by atoms with Crippen LogP contribution in [0, 0.1) is 0 Å². The van der Waals surface area contributed by atoms with Crippen LogP contribution in [-0.2, 0) is 0 Å². The molecule has 0 saturated carbocycles. The normalized spacial score (nSPS) is 14.6. The number of alkyl halides is 3. The zero-order valence-electron chi connectivity index (χ0n) is 15.8. The first kappa shape index (κ1) is 19.7. The van der Waals surface area contributed by atoms with E-state index >= 15 is 0 Å². The highest BCUT2D eigenvalue weighted by molar-refractivity contribution is 5.94. The summed E-state index contributed by atoms with van der Waals surface area (Å²) in [5.74, 6) is 0.665. The molecule has 3 heterocycles. The molecule has 0 spiro atoms. The minimum atomic E-state index is -4.80. The van der Waals surface area contributed by atoms with Gasteiger partial charge in [-0.1, -0.05) is 6.07 Å². The second kappa shape index (κ2) is 8.05. The molecule has 3 aromatic rings. The summed E-state index contributed by atoms with van der Waals surface area (Å²) < 4.78 is 43.0. The van der Waals surface area contributed by atoms with Crippen LogP contribution in [0.4, 0.5) is 19.0 Å². The van der Waals surface area contributed by atoms with Crippen LogP contribution in [0.15, 0.2) is 60.9 Å². The van der Waals surface area contributed by atoms with Gasteiger partial charge in [0, 0.05) is 44.1 Å². The van der Waals surface area contributed by atoms with E-state index in [0.29, 0.717) is 37.8 Å². The number of halogens is 3. The number of benzene rings is 1. The topological polar surface area (TPSA) is 63.5 Å². The number of hydrogen-bond acceptors (Lipinski definition) is 5. The van der Waals surface area contributed by atoms with Gasteiger partial charge in [0.15, 0.2) is 11.6 Å². The highest BCUT2D eigenvalue weighted by Crippen LogP contribution is 2.24. The van der Waals surface area contributed by atoms with E-state index in [9.17, 15) is 18.0 Å². The Morgan fingerprint density at radius 1 is 0.900 bits per heavy atom. The molecule has 2 aromatic heterocycles. The fourth-order valence-corrected chi connectivity index (χ4v) is 3.26. The Labute approximate surface area is 170 Å². The van der Waals surface area contributed by atoms with Gasteiger partial charge in [0.05, 0.1) is 0 Å². The van der Waals surface area contributed by atoms with Crippen LogP contribution in [0.3, 0.4) is 0 Å². The van der Waals surface area contributed by atoms with Crippen LogP contribution in [-0.4, -0.2) is 58.1 Å². The lowest BCUT2D eigenvalue weighted by molar-refractivity contribution is -0.274. The van der Waals surface area contributed by atoms with Crippen molar-refractivity contribution in [3.8, 4) is 11.6 Å². The fourth-order valence-electron chi connectivity index (χ4n) is 3.26. The molecule has 1 saturated heterocycles. The van der Waals surface area contributed by atoms with Crippen molar-refractivity contribution in [2.45, 2.75) is 6.36 Å². The Hall–Kier alpha value is -3.56. The van der Waals surface area contributed by atoms with Crippen molar-refractivity contribution in [3.63, 3.8) is 0 Å². The number of ether oxygens (including phenoxy) is 1. The third-order valence-electron chi connectivity index (χ3n) is 4.71. The number of hydrogen-bond donors (Lipinski definition) is 0. The predicted molar refractivity (Wildman–Crippen MR) is 103 cm³/mol. The fraction of sp³-hybridized carbons (Fsp3) is 0.250. The number of piperazine rings is 1. The maximum atomic E-state index is 12.7. The van der Waals surface area contributed by atoms with Crippen LogP contribution in [0.5, 0.6) is 5.75 Å². The van der Waals surface area contributed by atoms with Crippen LogP contribution in [0.25, 0.3) is 5.82 Å². The van der Waals surface area contributed by atoms with E-state index in [1.165, 1.54) is 12.1 Å². The minimum Gasteiger partial charge on any atom is -0.406 e. The molecule has 0 N–H and O–H groups in total. The quantitative estimate of drug-likeness (QED) is 0.653. The van der Waals surface area contributed by atoms with Crippen LogP contribution in [0.1, 0.15) is 10.4 Å². The molecule has 10 heteroatoms. The Morgan fingerprint density at radius 3 is 2.20 bits per heavy atom. The summed E-state index contributed by atoms with van der Waals surface area (Å²) in [5.41, 5.74) is 0.154. The molecule has 0 aliphatic carbocycles. The predicted octanol–water partition coefficient (Wildman–Crippen LogP) is 3.13. The summed E-state index contributed by atoms with van der Waals surface area (Å²) in [4.78, 5) is 16.3. The standard InChI is InChI=1S/C20H18F3N5O2/c21-20(22,23)30-16-5-3-4-15(14-16)19(29)28-12-10-27(11-13-28)18-7-6-17(24-25-18)26-8-1-2-9-26/h1-9,14H,10-13H2. The molecule has 1 amide bonds. The molecule has 7 nitrogen and oxygen atoms in total. The average molecular weight is 417 g/mol. The number of anilines is 1. The smallest absolute Gasteiger partial charge is 0.406 e. The number of rotatable bonds is 4. The van der Waals surface area contributed by atoms with Gasteiger partial charge >= 0.3 is 6.36 Å². The molecule has 0 bridgehead atoms. The zero-order chi connectivity index (χ0) is 21.1. The van der Waals surface area contributed by atoms with Gasteiger partial charge in [0.25, 0.3) is 5.91 Å². The van der Waals surface area contributed by atoms with Crippen molar-refractivity contribution in [1.82, 2.24) is 19.7 Å². The number of aromatic nitrogens is 3. The lowest BCUT2D eigenvalue weighted by atomic mass is 10.1. The van der Waals surface area contributed by atoms with E-state index in [4.69, 9.17) is 0 Å². The lowest BCUT2D eigenvalue weighted by Crippen LogP contribution is -2.49. The van der Waals surface area contributed by atoms with Crippen molar-refractivity contribution < 1.29 is 22.7 Å². The molecule has 156 valence electrons. The monoisotopic (exact) mass is 417 g/mol. The maximum Gasteiger partial charge on any atom is 0.573 e. The second-order valence-corrected chi connectivity index (χ2v) is 6.69. The van der Waals surface area contributed by atoms with Crippen molar-refractivity contribution in [2.24, 2.45) is 0 Å². The number of nitrogens with zero attached hydrogens (tertiary/aromatic N) is 5. The Kier molecular flexibility index (Phi) is 5.30. The van der Waals surface area contributed by atoms with E-state index < -0.39 is 12.1 Å². The van der Waals surface area contributed by atoms with E-state index in [0.717, 1.165) is 12.1 Å². The van der Waals surface area contributed by atoms with Gasteiger partial charge in [0.2, 0.25) is 0 Å². The first-order valence-corrected chi connectivity index (χ1v) is 9.26. The first-order valence-electron chi connectivity index (χ1n) is 9.26. The SMILES string of the molecule is O=C(c1cccc(OC(F)(F)F)c1)N1CCN(c2ccc(-n3cccc3)nn2)CC1. The molecule has 1 aliphatic rings. The van der Waals surface area contributed by atoms with Gasteiger partial charge in [-0.05, 0) is 42.5 Å². The van der Waals surface area contributed by atoms with Crippen LogP contribution in [0.2, 0.25) is 0 Å². The largest absolute Gasteiger partial charge is 0.573 e. The summed E-state index contributed by atoms with van der Waals surface area (Å²) in [6.45, 7) is 1.93. The molecule has 1 aliphatic heterocycles. The summed E-state index contributed by atoms with van der Waals surface area (Å²) in [7, 11) is 0. The molecular weight excluding hydrogens is 399 g/mol. The van der Waals surface area contributed by atoms with E-state index in [1.807, 2.05) is 46.1 Å². The molecule has 1 fully saturated rings. The summed E-state index contributed by atoms with van der Waals surface area (Å²) >= 11 is 0. The van der Waals surface area contributed by atoms with Gasteiger partial charge in [-0.25, -0.2) is 0 Å². The Balaban J connectivity index is 1.37. The third kappa shape index (κ3) is 4.53. The van der Waals surface area contributed by atoms with Gasteiger partial charge in [-0.2, -0.15) is 0 Å². The van der Waals surface area contributed by atoms with Crippen molar-refractivity contribution >= 4 is 11.7 Å². The second-order valence-electron chi connectivity index (χ2n) is 6.69. The first-order chi connectivity index (χ1) is 14.4. The summed E-state index contributed by atoms with van der Waals surface area (Å²) in [5, 5.41) is 8.48. The number of carbonyl (C=O) groups is 1. The number of amides is 1. The Morgan fingerprint density at radius 2 is 1.57 bits per heavy atom. The Bertz CT molecular complexity index is 998. The van der Waals surface area contributed by atoms with Gasteiger partial charge in [-0.15, -0.1) is 23.4 Å². The van der Waals surface area contributed by atoms with E-state index in [-0.39, 0.29) is 11.5 Å². The molecular formula is C20H18F3N5O2. The minimum absolute atomic E-state index is 0.154.